The smallest absolute Gasteiger partial charge is 0.265 e. The van der Waals surface area contributed by atoms with Crippen molar-refractivity contribution in [1.29, 1.82) is 0 Å². The molecule has 0 heterocycles. The zero-order valence-electron chi connectivity index (χ0n) is 16.0. The number of anilines is 2. The van der Waals surface area contributed by atoms with Gasteiger partial charge in [0, 0.05) is 11.4 Å². The van der Waals surface area contributed by atoms with E-state index in [2.05, 4.69) is 10.6 Å². The molecule has 0 fully saturated rings. The van der Waals surface area contributed by atoms with E-state index in [1.807, 2.05) is 36.4 Å². The summed E-state index contributed by atoms with van der Waals surface area (Å²) in [5.74, 6) is 0.661. The largest absolute Gasteiger partial charge is 0.484 e. The van der Waals surface area contributed by atoms with Crippen molar-refractivity contribution in [3.05, 3.63) is 84.9 Å². The van der Waals surface area contributed by atoms with Gasteiger partial charge in [0.05, 0.1) is 0 Å². The number of carbonyl (C=O) groups excluding carboxylic acids is 2. The van der Waals surface area contributed by atoms with Crippen LogP contribution < -0.4 is 20.1 Å². The Kier molecular flexibility index (Phi) is 6.84. The third kappa shape index (κ3) is 6.39. The summed E-state index contributed by atoms with van der Waals surface area (Å²) in [7, 11) is 0. The molecule has 0 saturated carbocycles. The molecule has 3 aromatic rings. The lowest BCUT2D eigenvalue weighted by atomic mass is 10.2. The number of hydrogen-bond donors (Lipinski definition) is 2. The van der Waals surface area contributed by atoms with Gasteiger partial charge in [-0.1, -0.05) is 42.5 Å². The van der Waals surface area contributed by atoms with Crippen molar-refractivity contribution < 1.29 is 19.1 Å². The Balaban J connectivity index is 1.52. The Labute approximate surface area is 169 Å². The van der Waals surface area contributed by atoms with Crippen LogP contribution in [-0.4, -0.2) is 24.5 Å². The molecule has 0 saturated heterocycles. The molecule has 0 bridgehead atoms. The first-order valence-electron chi connectivity index (χ1n) is 9.20. The fraction of sp³-hybridized carbons (Fsp3) is 0.130. The fourth-order valence-electron chi connectivity index (χ4n) is 2.54. The third-order valence-electron chi connectivity index (χ3n) is 3.95. The lowest BCUT2D eigenvalue weighted by molar-refractivity contribution is -0.122. The van der Waals surface area contributed by atoms with E-state index >= 15 is 0 Å². The van der Waals surface area contributed by atoms with Crippen molar-refractivity contribution in [2.45, 2.75) is 13.0 Å². The van der Waals surface area contributed by atoms with Crippen LogP contribution in [0.3, 0.4) is 0 Å². The van der Waals surface area contributed by atoms with Crippen molar-refractivity contribution in [1.82, 2.24) is 0 Å². The fourth-order valence-corrected chi connectivity index (χ4v) is 2.54. The van der Waals surface area contributed by atoms with Gasteiger partial charge in [-0.2, -0.15) is 0 Å². The predicted octanol–water partition coefficient (Wildman–Crippen LogP) is 4.11. The first-order chi connectivity index (χ1) is 14.1. The van der Waals surface area contributed by atoms with Crippen molar-refractivity contribution in [3.8, 4) is 11.5 Å². The number of para-hydroxylation sites is 2. The quantitative estimate of drug-likeness (QED) is 0.607. The molecular formula is C23H22N2O4. The summed E-state index contributed by atoms with van der Waals surface area (Å²) in [6, 6.07) is 25.1. The molecule has 0 aliphatic heterocycles. The summed E-state index contributed by atoms with van der Waals surface area (Å²) < 4.78 is 11.0. The lowest BCUT2D eigenvalue weighted by Crippen LogP contribution is -2.30. The molecule has 2 N–H and O–H groups in total. The van der Waals surface area contributed by atoms with E-state index in [0.717, 1.165) is 0 Å². The molecule has 0 radical (unpaired) electrons. The number of rotatable bonds is 8. The normalized spacial score (nSPS) is 11.2. The van der Waals surface area contributed by atoms with Crippen LogP contribution in [0.1, 0.15) is 6.92 Å². The SMILES string of the molecule is CC(Oc1ccccc1)C(=O)Nc1cccc(NC(=O)COc2ccccc2)c1. The summed E-state index contributed by atoms with van der Waals surface area (Å²) in [6.45, 7) is 1.57. The first-order valence-corrected chi connectivity index (χ1v) is 9.20. The van der Waals surface area contributed by atoms with Gasteiger partial charge in [-0.05, 0) is 49.4 Å². The summed E-state index contributed by atoms with van der Waals surface area (Å²) in [5, 5.41) is 5.54. The van der Waals surface area contributed by atoms with E-state index in [1.54, 1.807) is 55.5 Å². The molecule has 3 aromatic carbocycles. The average Bonchev–Trinajstić information content (AvgIpc) is 2.74. The minimum absolute atomic E-state index is 0.109. The van der Waals surface area contributed by atoms with Crippen LogP contribution in [-0.2, 0) is 9.59 Å². The molecule has 0 spiro atoms. The average molecular weight is 390 g/mol. The highest BCUT2D eigenvalue weighted by atomic mass is 16.5. The molecule has 6 nitrogen and oxygen atoms in total. The third-order valence-corrected chi connectivity index (χ3v) is 3.95. The monoisotopic (exact) mass is 390 g/mol. The van der Waals surface area contributed by atoms with Gasteiger partial charge in [-0.3, -0.25) is 9.59 Å². The number of hydrogen-bond acceptors (Lipinski definition) is 4. The van der Waals surface area contributed by atoms with Gasteiger partial charge in [0.2, 0.25) is 0 Å². The zero-order valence-corrected chi connectivity index (χ0v) is 16.0. The second-order valence-corrected chi connectivity index (χ2v) is 6.29. The number of benzene rings is 3. The van der Waals surface area contributed by atoms with Crippen molar-refractivity contribution in [2.24, 2.45) is 0 Å². The van der Waals surface area contributed by atoms with E-state index in [4.69, 9.17) is 9.47 Å². The van der Waals surface area contributed by atoms with Crippen LogP contribution in [0, 0.1) is 0 Å². The maximum Gasteiger partial charge on any atom is 0.265 e. The molecule has 0 aromatic heterocycles. The van der Waals surface area contributed by atoms with Gasteiger partial charge in [0.25, 0.3) is 11.8 Å². The van der Waals surface area contributed by atoms with Crippen LogP contribution in [0.15, 0.2) is 84.9 Å². The van der Waals surface area contributed by atoms with E-state index in [1.165, 1.54) is 0 Å². The number of nitrogens with one attached hydrogen (secondary N) is 2. The van der Waals surface area contributed by atoms with E-state index in [-0.39, 0.29) is 18.4 Å². The van der Waals surface area contributed by atoms with Gasteiger partial charge in [-0.15, -0.1) is 0 Å². The minimum Gasteiger partial charge on any atom is -0.484 e. The maximum absolute atomic E-state index is 12.4. The topological polar surface area (TPSA) is 76.7 Å². The number of carbonyl (C=O) groups is 2. The van der Waals surface area contributed by atoms with Crippen molar-refractivity contribution in [2.75, 3.05) is 17.2 Å². The second-order valence-electron chi connectivity index (χ2n) is 6.29. The molecular weight excluding hydrogens is 368 g/mol. The van der Waals surface area contributed by atoms with Crippen LogP contribution in [0.5, 0.6) is 11.5 Å². The highest BCUT2D eigenvalue weighted by molar-refractivity contribution is 5.96. The Hall–Kier alpha value is -3.80. The zero-order chi connectivity index (χ0) is 20.5. The van der Waals surface area contributed by atoms with Gasteiger partial charge in [0.15, 0.2) is 12.7 Å². The Bertz CT molecular complexity index is 945. The second kappa shape index (κ2) is 9.94. The molecule has 1 atom stereocenters. The molecule has 0 aliphatic carbocycles. The predicted molar refractivity (Wildman–Crippen MR) is 112 cm³/mol. The Morgan fingerprint density at radius 3 is 2.03 bits per heavy atom. The molecule has 6 heteroatoms. The van der Waals surface area contributed by atoms with Crippen LogP contribution >= 0.6 is 0 Å². The number of ether oxygens (including phenoxy) is 2. The number of amides is 2. The van der Waals surface area contributed by atoms with E-state index in [0.29, 0.717) is 22.9 Å². The van der Waals surface area contributed by atoms with Crippen molar-refractivity contribution in [3.63, 3.8) is 0 Å². The molecule has 3 rings (SSSR count). The van der Waals surface area contributed by atoms with Crippen LogP contribution in [0.25, 0.3) is 0 Å². The maximum atomic E-state index is 12.4. The summed E-state index contributed by atoms with van der Waals surface area (Å²) >= 11 is 0. The Morgan fingerprint density at radius 1 is 0.793 bits per heavy atom. The van der Waals surface area contributed by atoms with Gasteiger partial charge >= 0.3 is 0 Å². The standard InChI is InChI=1S/C23H22N2O4/c1-17(29-21-13-6-3-7-14-21)23(27)25-19-10-8-9-18(15-19)24-22(26)16-28-20-11-4-2-5-12-20/h2-15,17H,16H2,1H3,(H,24,26)(H,25,27). The first kappa shape index (κ1) is 19.9. The molecule has 29 heavy (non-hydrogen) atoms. The van der Waals surface area contributed by atoms with Crippen LogP contribution in [0.2, 0.25) is 0 Å². The molecule has 148 valence electrons. The van der Waals surface area contributed by atoms with E-state index in [9.17, 15) is 9.59 Å². The summed E-state index contributed by atoms with van der Waals surface area (Å²) in [6.07, 6.45) is -0.671. The molecule has 1 unspecified atom stereocenters. The minimum atomic E-state index is -0.671. The van der Waals surface area contributed by atoms with Gasteiger partial charge in [0.1, 0.15) is 11.5 Å². The van der Waals surface area contributed by atoms with Gasteiger partial charge < -0.3 is 20.1 Å². The highest BCUT2D eigenvalue weighted by Crippen LogP contribution is 2.17. The Morgan fingerprint density at radius 2 is 1.38 bits per heavy atom. The highest BCUT2D eigenvalue weighted by Gasteiger charge is 2.15. The van der Waals surface area contributed by atoms with Crippen molar-refractivity contribution >= 4 is 23.2 Å². The van der Waals surface area contributed by atoms with Crippen LogP contribution in [0.4, 0.5) is 11.4 Å². The summed E-state index contributed by atoms with van der Waals surface area (Å²) in [5.41, 5.74) is 1.11. The van der Waals surface area contributed by atoms with Gasteiger partial charge in [-0.25, -0.2) is 0 Å². The molecule has 2 amide bonds. The lowest BCUT2D eigenvalue weighted by Gasteiger charge is -2.15. The van der Waals surface area contributed by atoms with E-state index < -0.39 is 6.10 Å². The molecule has 0 aliphatic rings. The summed E-state index contributed by atoms with van der Waals surface area (Å²) in [4.78, 5) is 24.5.